The molecule has 1 heterocycles. The van der Waals surface area contributed by atoms with Crippen LogP contribution in [0.1, 0.15) is 33.5 Å². The minimum absolute atomic E-state index is 0.114. The number of rotatable bonds is 7. The predicted molar refractivity (Wildman–Crippen MR) is 128 cm³/mol. The van der Waals surface area contributed by atoms with Gasteiger partial charge in [-0.05, 0) is 68.2 Å². The minimum atomic E-state index is -0.250. The van der Waals surface area contributed by atoms with Gasteiger partial charge in [-0.3, -0.25) is 4.79 Å². The average Bonchev–Trinajstić information content (AvgIpc) is 3.15. The number of aromatic nitrogens is 1. The summed E-state index contributed by atoms with van der Waals surface area (Å²) in [7, 11) is 4.04. The van der Waals surface area contributed by atoms with Crippen LogP contribution >= 0.6 is 0 Å². The van der Waals surface area contributed by atoms with Gasteiger partial charge in [0.25, 0.3) is 0 Å². The topological polar surface area (TPSA) is 75.1 Å². The van der Waals surface area contributed by atoms with Gasteiger partial charge in [0.1, 0.15) is 5.82 Å². The fourth-order valence-electron chi connectivity index (χ4n) is 4.56. The van der Waals surface area contributed by atoms with Crippen LogP contribution in [-0.4, -0.2) is 42.1 Å². The molecule has 3 aromatic rings. The van der Waals surface area contributed by atoms with Crippen LogP contribution in [0.4, 0.5) is 4.39 Å². The van der Waals surface area contributed by atoms with E-state index in [2.05, 4.69) is 9.47 Å². The number of hydrogen-bond donors (Lipinski definition) is 2. The zero-order valence-corrected chi connectivity index (χ0v) is 18.6. The van der Waals surface area contributed by atoms with Crippen molar-refractivity contribution in [3.05, 3.63) is 76.9 Å². The number of carbonyl (C=O) groups is 1. The van der Waals surface area contributed by atoms with E-state index in [0.29, 0.717) is 17.6 Å². The smallest absolute Gasteiger partial charge is 0.168 e. The van der Waals surface area contributed by atoms with Gasteiger partial charge in [-0.2, -0.15) is 0 Å². The molecule has 1 aromatic heterocycles. The van der Waals surface area contributed by atoms with E-state index in [1.807, 2.05) is 44.6 Å². The number of Topliss-reactive ketones (excluding diaryl/α,β-unsaturated/α-hetero) is 1. The van der Waals surface area contributed by atoms with Crippen LogP contribution in [-0.2, 0) is 19.4 Å². The number of carbonyl (C=O) groups excluding carboxylic acids is 1. The summed E-state index contributed by atoms with van der Waals surface area (Å²) in [5.41, 5.74) is 10.9. The van der Waals surface area contributed by atoms with Gasteiger partial charge < -0.3 is 20.6 Å². The minimum Gasteiger partial charge on any atom is -0.404 e. The predicted octanol–water partition coefficient (Wildman–Crippen LogP) is 4.28. The lowest BCUT2D eigenvalue weighted by Gasteiger charge is -2.23. The highest BCUT2D eigenvalue weighted by Crippen LogP contribution is 2.32. The molecule has 3 N–H and O–H groups in total. The number of halogens is 1. The van der Waals surface area contributed by atoms with Gasteiger partial charge >= 0.3 is 0 Å². The lowest BCUT2D eigenvalue weighted by atomic mass is 9.80. The first kappa shape index (κ1) is 22.0. The lowest BCUT2D eigenvalue weighted by molar-refractivity contribution is 0.0910. The first-order valence-electron chi connectivity index (χ1n) is 10.9. The molecule has 0 bridgehead atoms. The Bertz CT molecular complexity index is 1210. The number of aryl methyl sites for hydroxylation is 1. The number of ketones is 1. The van der Waals surface area contributed by atoms with Gasteiger partial charge in [0.05, 0.1) is 0 Å². The Morgan fingerprint density at radius 3 is 2.78 bits per heavy atom. The van der Waals surface area contributed by atoms with Crippen molar-refractivity contribution in [1.82, 2.24) is 9.47 Å². The molecule has 0 aliphatic heterocycles. The zero-order chi connectivity index (χ0) is 22.8. The highest BCUT2D eigenvalue weighted by Gasteiger charge is 2.28. The molecule has 0 fully saturated rings. The molecule has 0 spiro atoms. The van der Waals surface area contributed by atoms with Crippen LogP contribution in [0.2, 0.25) is 0 Å². The second-order valence-electron chi connectivity index (χ2n) is 8.75. The van der Waals surface area contributed by atoms with Crippen LogP contribution in [0, 0.1) is 17.1 Å². The Morgan fingerprint density at radius 1 is 1.25 bits per heavy atom. The van der Waals surface area contributed by atoms with E-state index >= 15 is 0 Å². The molecule has 5 nitrogen and oxygen atoms in total. The molecule has 32 heavy (non-hydrogen) atoms. The first-order chi connectivity index (χ1) is 15.4. The maximum atomic E-state index is 13.7. The summed E-state index contributed by atoms with van der Waals surface area (Å²) in [6.45, 7) is 1.58. The summed E-state index contributed by atoms with van der Waals surface area (Å²) in [5, 5.41) is 8.52. The fraction of sp³-hybridized carbons (Fsp3) is 0.308. The van der Waals surface area contributed by atoms with E-state index in [-0.39, 0.29) is 17.5 Å². The number of allylic oxidation sites excluding steroid dienone is 1. The van der Waals surface area contributed by atoms with Crippen molar-refractivity contribution in [1.29, 1.82) is 5.41 Å². The maximum Gasteiger partial charge on any atom is 0.168 e. The Balaban J connectivity index is 1.73. The van der Waals surface area contributed by atoms with Crippen molar-refractivity contribution in [3.8, 4) is 0 Å². The molecule has 1 aliphatic carbocycles. The summed E-state index contributed by atoms with van der Waals surface area (Å²) in [5.74, 6) is -0.291. The Hall–Kier alpha value is -3.25. The van der Waals surface area contributed by atoms with Crippen LogP contribution < -0.4 is 5.73 Å². The van der Waals surface area contributed by atoms with Crippen LogP contribution in [0.3, 0.4) is 0 Å². The number of nitrogens with one attached hydrogen (secondary N) is 1. The van der Waals surface area contributed by atoms with Crippen LogP contribution in [0.25, 0.3) is 16.5 Å². The number of fused-ring (bicyclic) bond motifs is 2. The van der Waals surface area contributed by atoms with Gasteiger partial charge in [-0.1, -0.05) is 18.2 Å². The third-order valence-corrected chi connectivity index (χ3v) is 6.37. The maximum absolute atomic E-state index is 13.7. The third-order valence-electron chi connectivity index (χ3n) is 6.37. The van der Waals surface area contributed by atoms with Crippen LogP contribution in [0.15, 0.2) is 48.8 Å². The summed E-state index contributed by atoms with van der Waals surface area (Å²) in [4.78, 5) is 15.7. The van der Waals surface area contributed by atoms with E-state index in [1.165, 1.54) is 18.5 Å². The normalized spacial score (nSPS) is 16.4. The second kappa shape index (κ2) is 9.09. The van der Waals surface area contributed by atoms with E-state index in [0.717, 1.165) is 53.5 Å². The van der Waals surface area contributed by atoms with Gasteiger partial charge in [-0.15, -0.1) is 0 Å². The Morgan fingerprint density at radius 2 is 2.06 bits per heavy atom. The molecule has 0 saturated carbocycles. The molecule has 0 amide bonds. The van der Waals surface area contributed by atoms with Gasteiger partial charge in [0, 0.05) is 59.7 Å². The molecular weight excluding hydrogens is 403 g/mol. The van der Waals surface area contributed by atoms with E-state index < -0.39 is 0 Å². The highest BCUT2D eigenvalue weighted by atomic mass is 19.1. The summed E-state index contributed by atoms with van der Waals surface area (Å²) < 4.78 is 15.9. The Kier molecular flexibility index (Phi) is 6.24. The zero-order valence-electron chi connectivity index (χ0n) is 18.6. The lowest BCUT2D eigenvalue weighted by Crippen LogP contribution is -2.23. The Labute approximate surface area is 187 Å². The second-order valence-corrected chi connectivity index (χ2v) is 8.75. The molecule has 0 saturated heterocycles. The van der Waals surface area contributed by atoms with Gasteiger partial charge in [0.2, 0.25) is 0 Å². The summed E-state index contributed by atoms with van der Waals surface area (Å²) >= 11 is 0. The number of nitrogens with zero attached hydrogens (tertiary/aromatic N) is 2. The molecule has 166 valence electrons. The first-order valence-corrected chi connectivity index (χ1v) is 10.9. The third kappa shape index (κ3) is 4.23. The molecule has 0 radical (unpaired) electrons. The van der Waals surface area contributed by atoms with E-state index in [4.69, 9.17) is 11.1 Å². The molecule has 1 atom stereocenters. The summed E-state index contributed by atoms with van der Waals surface area (Å²) in [6.07, 6.45) is 6.75. The van der Waals surface area contributed by atoms with Crippen molar-refractivity contribution >= 4 is 28.5 Å². The van der Waals surface area contributed by atoms with Crippen molar-refractivity contribution in [2.45, 2.75) is 25.8 Å². The number of hydrogen-bond acceptors (Lipinski definition) is 4. The molecule has 4 rings (SSSR count). The van der Waals surface area contributed by atoms with Crippen molar-refractivity contribution in [2.24, 2.45) is 11.7 Å². The van der Waals surface area contributed by atoms with Crippen molar-refractivity contribution in [3.63, 3.8) is 0 Å². The van der Waals surface area contributed by atoms with Gasteiger partial charge in [0.15, 0.2) is 5.78 Å². The SMILES string of the molecule is CN(C)CCn1cc(C(=O)C2CCc3ccc(F)cc3C2)c2ccc(C(C=N)=CN)cc21. The van der Waals surface area contributed by atoms with Crippen molar-refractivity contribution in [2.75, 3.05) is 20.6 Å². The number of nitrogens with two attached hydrogens (primary N) is 1. The average molecular weight is 433 g/mol. The number of benzene rings is 2. The van der Waals surface area contributed by atoms with Gasteiger partial charge in [-0.25, -0.2) is 4.39 Å². The van der Waals surface area contributed by atoms with Crippen molar-refractivity contribution < 1.29 is 9.18 Å². The highest BCUT2D eigenvalue weighted by molar-refractivity contribution is 6.12. The number of likely N-dealkylation sites (N-methyl/N-ethyl adjacent to an activating group) is 1. The molecule has 2 aromatic carbocycles. The molecule has 1 aliphatic rings. The molecular formula is C26H29FN4O. The molecule has 1 unspecified atom stereocenters. The summed E-state index contributed by atoms with van der Waals surface area (Å²) in [6, 6.07) is 10.8. The standard InChI is InChI=1S/C26H29FN4O/c1-30(2)9-10-31-16-24(23-8-6-18(13-25(23)31)21(14-28)15-29)26(32)19-4-3-17-5-7-22(27)12-20(17)11-19/h5-8,12-16,19,28H,3-4,9-11,29H2,1-2H3. The van der Waals surface area contributed by atoms with E-state index in [1.54, 1.807) is 6.07 Å². The fourth-order valence-corrected chi connectivity index (χ4v) is 4.56. The largest absolute Gasteiger partial charge is 0.404 e. The van der Waals surface area contributed by atoms with E-state index in [9.17, 15) is 9.18 Å². The van der Waals surface area contributed by atoms with Crippen LogP contribution in [0.5, 0.6) is 0 Å². The monoisotopic (exact) mass is 432 g/mol. The molecule has 6 heteroatoms. The quantitative estimate of drug-likeness (QED) is 0.432.